The van der Waals surface area contributed by atoms with Crippen molar-refractivity contribution in [2.45, 2.75) is 18.9 Å². The molecule has 10 heteroatoms. The minimum atomic E-state index is -3.25. The third kappa shape index (κ3) is 5.86. The molecule has 1 saturated heterocycles. The molecule has 0 saturated carbocycles. The zero-order valence-electron chi connectivity index (χ0n) is 12.1. The molecule has 0 aliphatic carbocycles. The lowest BCUT2D eigenvalue weighted by molar-refractivity contribution is -0.141. The van der Waals surface area contributed by atoms with Crippen LogP contribution in [-0.4, -0.2) is 84.4 Å². The van der Waals surface area contributed by atoms with Gasteiger partial charge in [-0.05, 0) is 6.92 Å². The van der Waals surface area contributed by atoms with Crippen LogP contribution in [-0.2, 0) is 14.8 Å². The van der Waals surface area contributed by atoms with Crippen LogP contribution < -0.4 is 5.32 Å². The third-order valence-electron chi connectivity index (χ3n) is 3.15. The second-order valence-electron chi connectivity index (χ2n) is 5.38. The van der Waals surface area contributed by atoms with Gasteiger partial charge in [-0.25, -0.2) is 13.2 Å². The van der Waals surface area contributed by atoms with Crippen LogP contribution in [0, 0.1) is 0 Å². The van der Waals surface area contributed by atoms with Crippen molar-refractivity contribution in [2.24, 2.45) is 0 Å². The molecule has 2 amide bonds. The molecule has 0 bridgehead atoms. The zero-order valence-corrected chi connectivity index (χ0v) is 12.9. The SMILES string of the molecule is CC(O)(CNC(=O)N1CCN(S(C)(=O)=O)CC1)CC(=O)O. The quantitative estimate of drug-likeness (QED) is 0.565. The van der Waals surface area contributed by atoms with Crippen molar-refractivity contribution in [1.29, 1.82) is 0 Å². The molecular formula is C11H21N3O6S. The number of aliphatic carboxylic acids is 1. The van der Waals surface area contributed by atoms with Crippen LogP contribution in [0.1, 0.15) is 13.3 Å². The first-order valence-electron chi connectivity index (χ1n) is 6.43. The van der Waals surface area contributed by atoms with Crippen LogP contribution in [0.2, 0.25) is 0 Å². The van der Waals surface area contributed by atoms with Crippen molar-refractivity contribution in [1.82, 2.24) is 14.5 Å². The first-order valence-corrected chi connectivity index (χ1v) is 8.28. The molecule has 1 heterocycles. The number of carboxylic acids is 1. The minimum absolute atomic E-state index is 0.190. The first kappa shape index (κ1) is 17.7. The van der Waals surface area contributed by atoms with E-state index in [1.807, 2.05) is 0 Å². The number of nitrogens with one attached hydrogen (secondary N) is 1. The van der Waals surface area contributed by atoms with Crippen molar-refractivity contribution in [3.05, 3.63) is 0 Å². The van der Waals surface area contributed by atoms with E-state index in [0.717, 1.165) is 6.26 Å². The summed E-state index contributed by atoms with van der Waals surface area (Å²) < 4.78 is 24.0. The second kappa shape index (κ2) is 6.58. The Morgan fingerprint density at radius 1 is 1.24 bits per heavy atom. The summed E-state index contributed by atoms with van der Waals surface area (Å²) in [5.74, 6) is -1.16. The van der Waals surface area contributed by atoms with Crippen molar-refractivity contribution < 1.29 is 28.2 Å². The largest absolute Gasteiger partial charge is 0.481 e. The fourth-order valence-electron chi connectivity index (χ4n) is 1.99. The highest BCUT2D eigenvalue weighted by Gasteiger charge is 2.28. The molecule has 122 valence electrons. The summed E-state index contributed by atoms with van der Waals surface area (Å²) in [5.41, 5.74) is -1.53. The number of aliphatic hydroxyl groups is 1. The maximum Gasteiger partial charge on any atom is 0.317 e. The number of piperazine rings is 1. The Hall–Kier alpha value is -1.39. The van der Waals surface area contributed by atoms with Crippen molar-refractivity contribution in [3.63, 3.8) is 0 Å². The predicted molar refractivity (Wildman–Crippen MR) is 74.3 cm³/mol. The van der Waals surface area contributed by atoms with Gasteiger partial charge in [-0.2, -0.15) is 4.31 Å². The first-order chi connectivity index (χ1) is 9.51. The van der Waals surface area contributed by atoms with E-state index in [1.54, 1.807) is 0 Å². The fourth-order valence-corrected chi connectivity index (χ4v) is 2.82. The normalized spacial score (nSPS) is 19.9. The van der Waals surface area contributed by atoms with Gasteiger partial charge in [-0.1, -0.05) is 0 Å². The number of nitrogens with zero attached hydrogens (tertiary/aromatic N) is 2. The van der Waals surface area contributed by atoms with Gasteiger partial charge in [0.1, 0.15) is 0 Å². The predicted octanol–water partition coefficient (Wildman–Crippen LogP) is -1.50. The number of carbonyl (C=O) groups excluding carboxylic acids is 1. The average Bonchev–Trinajstić information content (AvgIpc) is 2.33. The average molecular weight is 323 g/mol. The summed E-state index contributed by atoms with van der Waals surface area (Å²) in [4.78, 5) is 23.9. The topological polar surface area (TPSA) is 127 Å². The molecule has 0 aromatic rings. The summed E-state index contributed by atoms with van der Waals surface area (Å²) in [5, 5.41) is 20.9. The number of amides is 2. The van der Waals surface area contributed by atoms with E-state index in [2.05, 4.69) is 5.32 Å². The van der Waals surface area contributed by atoms with E-state index in [0.29, 0.717) is 0 Å². The number of urea groups is 1. The van der Waals surface area contributed by atoms with Gasteiger partial charge in [0.05, 0.1) is 18.3 Å². The lowest BCUT2D eigenvalue weighted by Crippen LogP contribution is -2.54. The number of sulfonamides is 1. The molecule has 9 nitrogen and oxygen atoms in total. The van der Waals surface area contributed by atoms with Gasteiger partial charge in [0.2, 0.25) is 10.0 Å². The number of carbonyl (C=O) groups is 2. The smallest absolute Gasteiger partial charge is 0.317 e. The Morgan fingerprint density at radius 2 is 1.76 bits per heavy atom. The molecule has 1 aliphatic rings. The van der Waals surface area contributed by atoms with Crippen LogP contribution >= 0.6 is 0 Å². The maximum absolute atomic E-state index is 11.9. The molecule has 21 heavy (non-hydrogen) atoms. The van der Waals surface area contributed by atoms with Crippen molar-refractivity contribution in [2.75, 3.05) is 39.0 Å². The Kier molecular flexibility index (Phi) is 5.54. The molecule has 0 radical (unpaired) electrons. The monoisotopic (exact) mass is 323 g/mol. The van der Waals surface area contributed by atoms with Crippen molar-refractivity contribution >= 4 is 22.0 Å². The summed E-state index contributed by atoms with van der Waals surface area (Å²) >= 11 is 0. The number of hydrogen-bond donors (Lipinski definition) is 3. The lowest BCUT2D eigenvalue weighted by Gasteiger charge is -2.34. The van der Waals surface area contributed by atoms with E-state index in [4.69, 9.17) is 5.11 Å². The molecule has 3 N–H and O–H groups in total. The van der Waals surface area contributed by atoms with Crippen LogP contribution in [0.5, 0.6) is 0 Å². The molecule has 1 unspecified atom stereocenters. The molecule has 1 atom stereocenters. The molecule has 1 rings (SSSR count). The molecule has 1 fully saturated rings. The standard InChI is InChI=1S/C11H21N3O6S/c1-11(18,7-9(15)16)8-12-10(17)13-3-5-14(6-4-13)21(2,19)20/h18H,3-8H2,1-2H3,(H,12,17)(H,15,16). The fraction of sp³-hybridized carbons (Fsp3) is 0.818. The highest BCUT2D eigenvalue weighted by molar-refractivity contribution is 7.88. The molecule has 1 aliphatic heterocycles. The Morgan fingerprint density at radius 3 is 2.19 bits per heavy atom. The summed E-state index contributed by atoms with van der Waals surface area (Å²) in [6, 6.07) is -0.450. The number of carboxylic acid groups (broad SMARTS) is 1. The van der Waals surface area contributed by atoms with E-state index in [1.165, 1.54) is 16.1 Å². The third-order valence-corrected chi connectivity index (χ3v) is 4.45. The van der Waals surface area contributed by atoms with Crippen molar-refractivity contribution in [3.8, 4) is 0 Å². The maximum atomic E-state index is 11.9. The highest BCUT2D eigenvalue weighted by atomic mass is 32.2. The van der Waals surface area contributed by atoms with Crippen LogP contribution in [0.25, 0.3) is 0 Å². The lowest BCUT2D eigenvalue weighted by atomic mass is 10.0. The van der Waals surface area contributed by atoms with E-state index in [9.17, 15) is 23.1 Å². The summed E-state index contributed by atoms with van der Waals surface area (Å²) in [6.45, 7) is 2.07. The number of hydrogen-bond acceptors (Lipinski definition) is 5. The minimum Gasteiger partial charge on any atom is -0.481 e. The van der Waals surface area contributed by atoms with Gasteiger partial charge in [-0.3, -0.25) is 4.79 Å². The Bertz CT molecular complexity index is 496. The zero-order chi connectivity index (χ0) is 16.3. The van der Waals surface area contributed by atoms with Gasteiger partial charge in [-0.15, -0.1) is 0 Å². The van der Waals surface area contributed by atoms with E-state index >= 15 is 0 Å². The molecule has 0 aromatic heterocycles. The summed E-state index contributed by atoms with van der Waals surface area (Å²) in [6.07, 6.45) is 0.640. The van der Waals surface area contributed by atoms with Gasteiger partial charge in [0.15, 0.2) is 0 Å². The molecule has 0 spiro atoms. The van der Waals surface area contributed by atoms with Crippen LogP contribution in [0.3, 0.4) is 0 Å². The van der Waals surface area contributed by atoms with Gasteiger partial charge >= 0.3 is 12.0 Å². The van der Waals surface area contributed by atoms with E-state index in [-0.39, 0.29) is 32.7 Å². The van der Waals surface area contributed by atoms with Gasteiger partial charge in [0, 0.05) is 32.7 Å². The van der Waals surface area contributed by atoms with E-state index < -0.39 is 34.0 Å². The Balaban J connectivity index is 2.43. The highest BCUT2D eigenvalue weighted by Crippen LogP contribution is 2.09. The summed E-state index contributed by atoms with van der Waals surface area (Å²) in [7, 11) is -3.25. The van der Waals surface area contributed by atoms with Gasteiger partial charge in [0.25, 0.3) is 0 Å². The van der Waals surface area contributed by atoms with Gasteiger partial charge < -0.3 is 20.4 Å². The van der Waals surface area contributed by atoms with Crippen LogP contribution in [0.15, 0.2) is 0 Å². The Labute approximate surface area is 123 Å². The molecule has 0 aromatic carbocycles. The number of rotatable bonds is 5. The van der Waals surface area contributed by atoms with Crippen LogP contribution in [0.4, 0.5) is 4.79 Å². The second-order valence-corrected chi connectivity index (χ2v) is 7.36. The molecular weight excluding hydrogens is 302 g/mol.